The van der Waals surface area contributed by atoms with Crippen LogP contribution in [0.3, 0.4) is 0 Å². The number of carbonyl (C=O) groups excluding carboxylic acids is 1. The van der Waals surface area contributed by atoms with E-state index in [2.05, 4.69) is 21.9 Å². The Morgan fingerprint density at radius 2 is 2.08 bits per heavy atom. The van der Waals surface area contributed by atoms with E-state index in [9.17, 15) is 18.0 Å². The summed E-state index contributed by atoms with van der Waals surface area (Å²) in [6.45, 7) is 5.98. The molecular formula is C18H23F3N2O2. The van der Waals surface area contributed by atoms with Crippen molar-refractivity contribution in [1.29, 1.82) is 0 Å². The summed E-state index contributed by atoms with van der Waals surface area (Å²) in [6, 6.07) is 5.35. The van der Waals surface area contributed by atoms with Gasteiger partial charge in [0.1, 0.15) is 5.75 Å². The first-order valence-electron chi connectivity index (χ1n) is 8.40. The van der Waals surface area contributed by atoms with E-state index in [1.807, 2.05) is 0 Å². The van der Waals surface area contributed by atoms with Crippen molar-refractivity contribution in [3.8, 4) is 5.75 Å². The summed E-state index contributed by atoms with van der Waals surface area (Å²) < 4.78 is 40.0. The average molecular weight is 356 g/mol. The number of ether oxygens (including phenoxy) is 1. The molecule has 1 atom stereocenters. The van der Waals surface area contributed by atoms with Gasteiger partial charge in [0.2, 0.25) is 5.91 Å². The number of nitrogens with zero attached hydrogens (tertiary/aromatic N) is 1. The number of rotatable bonds is 7. The van der Waals surface area contributed by atoms with E-state index in [0.29, 0.717) is 18.0 Å². The number of amides is 1. The van der Waals surface area contributed by atoms with Crippen LogP contribution in [0.1, 0.15) is 25.3 Å². The highest BCUT2D eigenvalue weighted by Crippen LogP contribution is 2.23. The van der Waals surface area contributed by atoms with E-state index in [1.165, 1.54) is 30.3 Å². The maximum Gasteiger partial charge on any atom is 0.573 e. The molecule has 0 radical (unpaired) electrons. The SMILES string of the molecule is CCCN1CC[C@H](CNC(=O)/C=C\c2ccc(OC(F)(F)F)cc2)C1. The first-order valence-corrected chi connectivity index (χ1v) is 8.40. The molecule has 0 bridgehead atoms. The number of hydrogen-bond donors (Lipinski definition) is 1. The van der Waals surface area contributed by atoms with Gasteiger partial charge in [0.05, 0.1) is 0 Å². The van der Waals surface area contributed by atoms with Crippen molar-refractivity contribution in [2.45, 2.75) is 26.1 Å². The lowest BCUT2D eigenvalue weighted by Gasteiger charge is -2.14. The molecule has 138 valence electrons. The third-order valence-electron chi connectivity index (χ3n) is 4.02. The number of likely N-dealkylation sites (tertiary alicyclic amines) is 1. The largest absolute Gasteiger partial charge is 0.573 e. The van der Waals surface area contributed by atoms with Gasteiger partial charge >= 0.3 is 6.36 Å². The van der Waals surface area contributed by atoms with Crippen LogP contribution >= 0.6 is 0 Å². The molecule has 1 aromatic rings. The molecule has 0 spiro atoms. The molecule has 1 fully saturated rings. The first kappa shape index (κ1) is 19.3. The van der Waals surface area contributed by atoms with E-state index in [-0.39, 0.29) is 11.7 Å². The second-order valence-corrected chi connectivity index (χ2v) is 6.15. The van der Waals surface area contributed by atoms with Gasteiger partial charge in [-0.15, -0.1) is 13.2 Å². The van der Waals surface area contributed by atoms with Crippen molar-refractivity contribution in [3.05, 3.63) is 35.9 Å². The maximum atomic E-state index is 12.1. The van der Waals surface area contributed by atoms with Crippen LogP contribution in [-0.4, -0.2) is 43.3 Å². The molecule has 1 amide bonds. The van der Waals surface area contributed by atoms with Gasteiger partial charge in [-0.2, -0.15) is 0 Å². The Morgan fingerprint density at radius 3 is 2.72 bits per heavy atom. The molecule has 1 N–H and O–H groups in total. The molecule has 0 saturated carbocycles. The van der Waals surface area contributed by atoms with Crippen LogP contribution in [0.25, 0.3) is 6.08 Å². The Kier molecular flexibility index (Phi) is 6.87. The predicted octanol–water partition coefficient (Wildman–Crippen LogP) is 3.45. The zero-order valence-corrected chi connectivity index (χ0v) is 14.2. The van der Waals surface area contributed by atoms with Gasteiger partial charge in [0, 0.05) is 19.2 Å². The van der Waals surface area contributed by atoms with E-state index < -0.39 is 6.36 Å². The van der Waals surface area contributed by atoms with Crippen molar-refractivity contribution >= 4 is 12.0 Å². The summed E-state index contributed by atoms with van der Waals surface area (Å²) in [7, 11) is 0. The van der Waals surface area contributed by atoms with Crippen LogP contribution in [0, 0.1) is 5.92 Å². The Labute approximate surface area is 145 Å². The van der Waals surface area contributed by atoms with Gasteiger partial charge in [-0.1, -0.05) is 19.1 Å². The molecule has 2 rings (SSSR count). The third kappa shape index (κ3) is 7.17. The Morgan fingerprint density at radius 1 is 1.36 bits per heavy atom. The van der Waals surface area contributed by atoms with Crippen molar-refractivity contribution < 1.29 is 22.7 Å². The fourth-order valence-corrected chi connectivity index (χ4v) is 2.86. The molecule has 1 aliphatic heterocycles. The average Bonchev–Trinajstić information content (AvgIpc) is 2.99. The smallest absolute Gasteiger partial charge is 0.406 e. The highest BCUT2D eigenvalue weighted by molar-refractivity contribution is 5.91. The molecule has 7 heteroatoms. The summed E-state index contributed by atoms with van der Waals surface area (Å²) in [4.78, 5) is 14.2. The molecule has 0 aromatic heterocycles. The van der Waals surface area contributed by atoms with Crippen molar-refractivity contribution in [1.82, 2.24) is 10.2 Å². The lowest BCUT2D eigenvalue weighted by molar-refractivity contribution is -0.274. The zero-order chi connectivity index (χ0) is 18.3. The van der Waals surface area contributed by atoms with Gasteiger partial charge < -0.3 is 15.0 Å². The van der Waals surface area contributed by atoms with Crippen molar-refractivity contribution in [2.75, 3.05) is 26.2 Å². The molecule has 1 saturated heterocycles. The number of benzene rings is 1. The minimum Gasteiger partial charge on any atom is -0.406 e. The number of hydrogen-bond acceptors (Lipinski definition) is 3. The standard InChI is InChI=1S/C18H23F3N2O2/c1-2-10-23-11-9-15(13-23)12-22-17(24)8-5-14-3-6-16(7-4-14)25-18(19,20)21/h3-8,15H,2,9-13H2,1H3,(H,22,24)/b8-5-/t15-/m1/s1. The molecule has 0 unspecified atom stereocenters. The Balaban J connectivity index is 1.75. The summed E-state index contributed by atoms with van der Waals surface area (Å²) in [5.74, 6) is -0.0146. The number of alkyl halides is 3. The zero-order valence-electron chi connectivity index (χ0n) is 14.2. The normalized spacial score (nSPS) is 18.6. The third-order valence-corrected chi connectivity index (χ3v) is 4.02. The monoisotopic (exact) mass is 356 g/mol. The fraction of sp³-hybridized carbons (Fsp3) is 0.500. The molecule has 1 aliphatic rings. The lowest BCUT2D eigenvalue weighted by Crippen LogP contribution is -2.30. The van der Waals surface area contributed by atoms with Gasteiger partial charge in [-0.25, -0.2) is 0 Å². The van der Waals surface area contributed by atoms with Gasteiger partial charge in [0.25, 0.3) is 0 Å². The molecule has 0 aliphatic carbocycles. The summed E-state index contributed by atoms with van der Waals surface area (Å²) >= 11 is 0. The second-order valence-electron chi connectivity index (χ2n) is 6.15. The molecule has 4 nitrogen and oxygen atoms in total. The van der Waals surface area contributed by atoms with Crippen LogP contribution in [-0.2, 0) is 4.79 Å². The summed E-state index contributed by atoms with van der Waals surface area (Å²) in [5.41, 5.74) is 0.625. The highest BCUT2D eigenvalue weighted by Gasteiger charge is 2.30. The summed E-state index contributed by atoms with van der Waals surface area (Å²) in [5, 5.41) is 2.87. The quantitative estimate of drug-likeness (QED) is 0.761. The molecule has 1 aromatic carbocycles. The fourth-order valence-electron chi connectivity index (χ4n) is 2.86. The lowest BCUT2D eigenvalue weighted by atomic mass is 10.1. The van der Waals surface area contributed by atoms with E-state index in [1.54, 1.807) is 6.08 Å². The molecule has 1 heterocycles. The van der Waals surface area contributed by atoms with Crippen LogP contribution in [0.5, 0.6) is 5.75 Å². The van der Waals surface area contributed by atoms with Crippen molar-refractivity contribution in [3.63, 3.8) is 0 Å². The Hall–Kier alpha value is -2.02. The first-order chi connectivity index (χ1) is 11.9. The number of nitrogens with one attached hydrogen (secondary N) is 1. The van der Waals surface area contributed by atoms with E-state index in [4.69, 9.17) is 0 Å². The molecule has 25 heavy (non-hydrogen) atoms. The topological polar surface area (TPSA) is 41.6 Å². The minimum absolute atomic E-state index is 0.204. The van der Waals surface area contributed by atoms with Crippen LogP contribution in [0.2, 0.25) is 0 Å². The number of carbonyl (C=O) groups is 1. The van der Waals surface area contributed by atoms with Gasteiger partial charge in [0.15, 0.2) is 0 Å². The van der Waals surface area contributed by atoms with Crippen LogP contribution in [0.4, 0.5) is 13.2 Å². The minimum atomic E-state index is -4.70. The van der Waals surface area contributed by atoms with Crippen LogP contribution < -0.4 is 10.1 Å². The van der Waals surface area contributed by atoms with Gasteiger partial charge in [-0.3, -0.25) is 4.79 Å². The van der Waals surface area contributed by atoms with Gasteiger partial charge in [-0.05, 0) is 55.6 Å². The maximum absolute atomic E-state index is 12.1. The molecular weight excluding hydrogens is 333 g/mol. The predicted molar refractivity (Wildman–Crippen MR) is 90.0 cm³/mol. The Bertz CT molecular complexity index is 585. The van der Waals surface area contributed by atoms with Crippen LogP contribution in [0.15, 0.2) is 30.3 Å². The van der Waals surface area contributed by atoms with E-state index in [0.717, 1.165) is 32.5 Å². The second kappa shape index (κ2) is 8.89. The van der Waals surface area contributed by atoms with E-state index >= 15 is 0 Å². The summed E-state index contributed by atoms with van der Waals surface area (Å²) in [6.07, 6.45) is 0.465. The van der Waals surface area contributed by atoms with Crippen molar-refractivity contribution in [2.24, 2.45) is 5.92 Å². The highest BCUT2D eigenvalue weighted by atomic mass is 19.4. The number of halogens is 3.